The summed E-state index contributed by atoms with van der Waals surface area (Å²) in [7, 11) is 0. The summed E-state index contributed by atoms with van der Waals surface area (Å²) in [5.74, 6) is -1.31. The van der Waals surface area contributed by atoms with Crippen LogP contribution in [-0.4, -0.2) is 5.11 Å². The lowest BCUT2D eigenvalue weighted by Gasteiger charge is -2.07. The maximum absolute atomic E-state index is 12.6. The Morgan fingerprint density at radius 3 is 2.17 bits per heavy atom. The Morgan fingerprint density at radius 1 is 1.25 bits per heavy atom. The molecule has 1 unspecified atom stereocenters. The Bertz CT molecular complexity index is 253. The molecule has 0 aliphatic heterocycles. The largest absolute Gasteiger partial charge is 0.388 e. The number of aliphatic hydroxyl groups excluding tert-OH is 1. The van der Waals surface area contributed by atoms with E-state index in [2.05, 4.69) is 0 Å². The van der Waals surface area contributed by atoms with Gasteiger partial charge in [0.05, 0.1) is 6.10 Å². The second kappa shape index (κ2) is 3.63. The maximum Gasteiger partial charge on any atom is 0.126 e. The first-order valence-corrected chi connectivity index (χ1v) is 3.77. The second-order valence-electron chi connectivity index (χ2n) is 2.63. The molecule has 0 bridgehead atoms. The van der Waals surface area contributed by atoms with Crippen LogP contribution in [0.3, 0.4) is 0 Å². The molecule has 0 fully saturated rings. The van der Waals surface area contributed by atoms with Gasteiger partial charge in [0.25, 0.3) is 0 Å². The van der Waals surface area contributed by atoms with Gasteiger partial charge in [-0.1, -0.05) is 6.92 Å². The van der Waals surface area contributed by atoms with Crippen molar-refractivity contribution < 1.29 is 13.9 Å². The maximum atomic E-state index is 12.6. The lowest BCUT2D eigenvalue weighted by atomic mass is 10.1. The molecule has 0 amide bonds. The zero-order valence-corrected chi connectivity index (χ0v) is 6.72. The van der Waals surface area contributed by atoms with Crippen LogP contribution >= 0.6 is 0 Å². The highest BCUT2D eigenvalue weighted by molar-refractivity contribution is 5.19. The summed E-state index contributed by atoms with van der Waals surface area (Å²) in [6.07, 6.45) is -0.335. The van der Waals surface area contributed by atoms with Crippen LogP contribution in [0, 0.1) is 11.6 Å². The highest BCUT2D eigenvalue weighted by Crippen LogP contribution is 2.18. The Morgan fingerprint density at radius 2 is 1.75 bits per heavy atom. The summed E-state index contributed by atoms with van der Waals surface area (Å²) in [6.45, 7) is 1.74. The van der Waals surface area contributed by atoms with Crippen LogP contribution in [0.15, 0.2) is 18.2 Å². The van der Waals surface area contributed by atoms with E-state index < -0.39 is 17.7 Å². The molecule has 0 aromatic heterocycles. The van der Waals surface area contributed by atoms with Crippen molar-refractivity contribution in [3.63, 3.8) is 0 Å². The average molecular weight is 172 g/mol. The fourth-order valence-electron chi connectivity index (χ4n) is 1.00. The summed E-state index contributed by atoms with van der Waals surface area (Å²) < 4.78 is 25.1. The van der Waals surface area contributed by atoms with Crippen molar-refractivity contribution in [2.45, 2.75) is 19.4 Å². The topological polar surface area (TPSA) is 20.2 Å². The SMILES string of the molecule is CCC(O)c1cc(F)cc(F)c1. The van der Waals surface area contributed by atoms with E-state index in [1.807, 2.05) is 0 Å². The normalized spacial score (nSPS) is 13.0. The fourth-order valence-corrected chi connectivity index (χ4v) is 1.00. The van der Waals surface area contributed by atoms with Crippen LogP contribution in [0.25, 0.3) is 0 Å². The van der Waals surface area contributed by atoms with E-state index in [9.17, 15) is 13.9 Å². The van der Waals surface area contributed by atoms with Gasteiger partial charge < -0.3 is 5.11 Å². The van der Waals surface area contributed by atoms with E-state index >= 15 is 0 Å². The van der Waals surface area contributed by atoms with Gasteiger partial charge in [0.2, 0.25) is 0 Å². The Kier molecular flexibility index (Phi) is 2.76. The van der Waals surface area contributed by atoms with E-state index in [-0.39, 0.29) is 5.56 Å². The summed E-state index contributed by atoms with van der Waals surface area (Å²) in [4.78, 5) is 0. The third-order valence-electron chi connectivity index (χ3n) is 1.66. The van der Waals surface area contributed by atoms with Crippen LogP contribution in [0.1, 0.15) is 25.0 Å². The molecule has 1 N–H and O–H groups in total. The predicted octanol–water partition coefficient (Wildman–Crippen LogP) is 2.41. The molecule has 1 aromatic rings. The molecule has 0 aliphatic carbocycles. The van der Waals surface area contributed by atoms with Crippen LogP contribution in [-0.2, 0) is 0 Å². The molecule has 66 valence electrons. The molecule has 0 heterocycles. The van der Waals surface area contributed by atoms with Gasteiger partial charge in [0.1, 0.15) is 11.6 Å². The molecule has 1 atom stereocenters. The van der Waals surface area contributed by atoms with E-state index in [1.165, 1.54) is 0 Å². The number of halogens is 2. The standard InChI is InChI=1S/C9H10F2O/c1-2-9(12)6-3-7(10)5-8(11)4-6/h3-5,9,12H,2H2,1H3. The first-order valence-electron chi connectivity index (χ1n) is 3.77. The zero-order valence-electron chi connectivity index (χ0n) is 6.72. The van der Waals surface area contributed by atoms with Crippen LogP contribution < -0.4 is 0 Å². The monoisotopic (exact) mass is 172 g/mol. The molecule has 12 heavy (non-hydrogen) atoms. The van der Waals surface area contributed by atoms with Crippen molar-refractivity contribution in [1.29, 1.82) is 0 Å². The lowest BCUT2D eigenvalue weighted by Crippen LogP contribution is -1.96. The van der Waals surface area contributed by atoms with Gasteiger partial charge in [0, 0.05) is 6.07 Å². The third-order valence-corrected chi connectivity index (χ3v) is 1.66. The molecular weight excluding hydrogens is 162 g/mol. The van der Waals surface area contributed by atoms with E-state index in [4.69, 9.17) is 0 Å². The fraction of sp³-hybridized carbons (Fsp3) is 0.333. The number of aliphatic hydroxyl groups is 1. The molecule has 1 nitrogen and oxygen atoms in total. The Balaban J connectivity index is 3.00. The highest BCUT2D eigenvalue weighted by Gasteiger charge is 2.07. The van der Waals surface area contributed by atoms with Crippen LogP contribution in [0.4, 0.5) is 8.78 Å². The Hall–Kier alpha value is -0.960. The average Bonchev–Trinajstić information content (AvgIpc) is 2.01. The minimum Gasteiger partial charge on any atom is -0.388 e. The molecule has 1 aromatic carbocycles. The first-order chi connectivity index (χ1) is 5.63. The van der Waals surface area contributed by atoms with Crippen molar-refractivity contribution in [1.82, 2.24) is 0 Å². The smallest absolute Gasteiger partial charge is 0.126 e. The van der Waals surface area contributed by atoms with Gasteiger partial charge >= 0.3 is 0 Å². The van der Waals surface area contributed by atoms with Gasteiger partial charge in [-0.05, 0) is 24.1 Å². The molecule has 0 saturated heterocycles. The van der Waals surface area contributed by atoms with E-state index in [1.54, 1.807) is 6.92 Å². The van der Waals surface area contributed by atoms with Gasteiger partial charge in [-0.2, -0.15) is 0 Å². The van der Waals surface area contributed by atoms with Crippen molar-refractivity contribution in [3.05, 3.63) is 35.4 Å². The van der Waals surface area contributed by atoms with Crippen molar-refractivity contribution in [2.75, 3.05) is 0 Å². The summed E-state index contributed by atoms with van der Waals surface area (Å²) in [5, 5.41) is 9.24. The Labute approximate surface area is 69.7 Å². The quantitative estimate of drug-likeness (QED) is 0.726. The van der Waals surface area contributed by atoms with Crippen LogP contribution in [0.5, 0.6) is 0 Å². The summed E-state index contributed by atoms with van der Waals surface area (Å²) in [5.41, 5.74) is 0.287. The van der Waals surface area contributed by atoms with Crippen molar-refractivity contribution in [2.24, 2.45) is 0 Å². The second-order valence-corrected chi connectivity index (χ2v) is 2.63. The summed E-state index contributed by atoms with van der Waals surface area (Å²) >= 11 is 0. The van der Waals surface area contributed by atoms with E-state index in [0.717, 1.165) is 18.2 Å². The molecule has 0 aliphatic rings. The minimum atomic E-state index is -0.782. The molecule has 1 rings (SSSR count). The molecule has 0 radical (unpaired) electrons. The first kappa shape index (κ1) is 9.13. The molecule has 0 spiro atoms. The number of hydrogen-bond acceptors (Lipinski definition) is 1. The zero-order chi connectivity index (χ0) is 9.14. The van der Waals surface area contributed by atoms with Crippen molar-refractivity contribution >= 4 is 0 Å². The van der Waals surface area contributed by atoms with Gasteiger partial charge in [-0.3, -0.25) is 0 Å². The number of rotatable bonds is 2. The van der Waals surface area contributed by atoms with Gasteiger partial charge in [0.15, 0.2) is 0 Å². The summed E-state index contributed by atoms with van der Waals surface area (Å²) in [6, 6.07) is 3.06. The highest BCUT2D eigenvalue weighted by atomic mass is 19.1. The number of benzene rings is 1. The molecule has 3 heteroatoms. The lowest BCUT2D eigenvalue weighted by molar-refractivity contribution is 0.173. The predicted molar refractivity (Wildman–Crippen MR) is 41.6 cm³/mol. The van der Waals surface area contributed by atoms with Crippen molar-refractivity contribution in [3.8, 4) is 0 Å². The van der Waals surface area contributed by atoms with E-state index in [0.29, 0.717) is 6.42 Å². The molecular formula is C9H10F2O. The third kappa shape index (κ3) is 2.01. The van der Waals surface area contributed by atoms with Gasteiger partial charge in [-0.15, -0.1) is 0 Å². The minimum absolute atomic E-state index is 0.287. The van der Waals surface area contributed by atoms with Gasteiger partial charge in [-0.25, -0.2) is 8.78 Å². The molecule has 0 saturated carbocycles. The number of hydrogen-bond donors (Lipinski definition) is 1. The van der Waals surface area contributed by atoms with Crippen LogP contribution in [0.2, 0.25) is 0 Å².